The van der Waals surface area contributed by atoms with Crippen molar-refractivity contribution < 1.29 is 48.0 Å². The molecule has 0 spiro atoms. The summed E-state index contributed by atoms with van der Waals surface area (Å²) < 4.78 is 43.5. The van der Waals surface area contributed by atoms with Crippen LogP contribution in [0.25, 0.3) is 5.76 Å². The van der Waals surface area contributed by atoms with Crippen molar-refractivity contribution in [1.82, 2.24) is 9.80 Å². The molecule has 0 radical (unpaired) electrons. The number of Topliss-reactive ketones (excluding diaryl/α,β-unsaturated/α-hetero) is 2. The van der Waals surface area contributed by atoms with Gasteiger partial charge in [-0.3, -0.25) is 19.3 Å². The number of nitrogens with two attached hydrogens (primary N) is 1. The number of aliphatic hydroxyl groups is 3. The topological polar surface area (TPSA) is 165 Å². The minimum Gasteiger partial charge on any atom is -0.508 e. The van der Waals surface area contributed by atoms with Crippen LogP contribution >= 0.6 is 0 Å². The van der Waals surface area contributed by atoms with Gasteiger partial charge in [-0.15, -0.1) is 0 Å². The Morgan fingerprint density at radius 1 is 1.18 bits per heavy atom. The average molecular weight is 568 g/mol. The van der Waals surface area contributed by atoms with E-state index in [2.05, 4.69) is 0 Å². The van der Waals surface area contributed by atoms with E-state index in [1.54, 1.807) is 11.9 Å². The number of halogens is 3. The number of rotatable bonds is 6. The summed E-state index contributed by atoms with van der Waals surface area (Å²) >= 11 is 0. The van der Waals surface area contributed by atoms with Crippen LogP contribution in [0.2, 0.25) is 0 Å². The number of benzene rings is 1. The monoisotopic (exact) mass is 567 g/mol. The van der Waals surface area contributed by atoms with Crippen LogP contribution in [-0.4, -0.2) is 87.0 Å². The molecule has 40 heavy (non-hydrogen) atoms. The van der Waals surface area contributed by atoms with Crippen molar-refractivity contribution in [3.63, 3.8) is 0 Å². The van der Waals surface area contributed by atoms with E-state index in [-0.39, 0.29) is 18.5 Å². The summed E-state index contributed by atoms with van der Waals surface area (Å²) in [6.07, 6.45) is -4.94. The second-order valence-electron chi connectivity index (χ2n) is 11.0. The number of phenols is 1. The predicted molar refractivity (Wildman–Crippen MR) is 136 cm³/mol. The Bertz CT molecular complexity index is 1370. The van der Waals surface area contributed by atoms with E-state index in [9.17, 15) is 48.0 Å². The van der Waals surface area contributed by atoms with E-state index in [4.69, 9.17) is 5.73 Å². The first-order valence-corrected chi connectivity index (χ1v) is 12.8. The van der Waals surface area contributed by atoms with Gasteiger partial charge in [0, 0.05) is 18.0 Å². The highest BCUT2D eigenvalue weighted by atomic mass is 19.4. The number of aromatic hydroxyl groups is 1. The number of aliphatic hydroxyl groups excluding tert-OH is 2. The van der Waals surface area contributed by atoms with Crippen molar-refractivity contribution in [3.05, 3.63) is 45.2 Å². The molecular weight excluding hydrogens is 535 g/mol. The number of nitrogens with zero attached hydrogens (tertiary/aromatic N) is 2. The molecule has 218 valence electrons. The molecule has 3 aliphatic rings. The van der Waals surface area contributed by atoms with Crippen molar-refractivity contribution in [3.8, 4) is 5.75 Å². The van der Waals surface area contributed by atoms with Crippen molar-refractivity contribution in [2.45, 2.75) is 50.6 Å². The highest BCUT2D eigenvalue weighted by Gasteiger charge is 2.64. The minimum atomic E-state index is -4.87. The van der Waals surface area contributed by atoms with Crippen LogP contribution in [0, 0.1) is 11.8 Å². The van der Waals surface area contributed by atoms with Gasteiger partial charge in [0.1, 0.15) is 22.8 Å². The average Bonchev–Trinajstić information content (AvgIpc) is 2.80. The number of phenolic OH excluding ortho intramolecular Hbond substituents is 1. The van der Waals surface area contributed by atoms with Crippen molar-refractivity contribution in [1.29, 1.82) is 0 Å². The summed E-state index contributed by atoms with van der Waals surface area (Å²) in [5.74, 6) is -9.01. The van der Waals surface area contributed by atoms with Crippen LogP contribution < -0.4 is 5.73 Å². The molecule has 6 N–H and O–H groups in total. The van der Waals surface area contributed by atoms with Crippen molar-refractivity contribution >= 4 is 23.2 Å². The molecule has 1 aromatic carbocycles. The molecular formula is C27H32F3N3O7. The van der Waals surface area contributed by atoms with Crippen molar-refractivity contribution in [2.24, 2.45) is 17.6 Å². The molecule has 4 atom stereocenters. The lowest BCUT2D eigenvalue weighted by Gasteiger charge is -2.50. The number of alkyl halides is 3. The van der Waals surface area contributed by atoms with E-state index in [0.717, 1.165) is 6.07 Å². The summed E-state index contributed by atoms with van der Waals surface area (Å²) in [5.41, 5.74) is -1.30. The lowest BCUT2D eigenvalue weighted by atomic mass is 9.57. The molecule has 4 rings (SSSR count). The van der Waals surface area contributed by atoms with Gasteiger partial charge in [0.05, 0.1) is 17.2 Å². The molecule has 10 nitrogen and oxygen atoms in total. The zero-order chi connectivity index (χ0) is 30.1. The lowest BCUT2D eigenvalue weighted by Crippen LogP contribution is -2.65. The first-order chi connectivity index (χ1) is 18.5. The number of likely N-dealkylation sites (N-methyl/N-ethyl adjacent to an activating group) is 1. The maximum atomic E-state index is 14.5. The first-order valence-electron chi connectivity index (χ1n) is 12.8. The van der Waals surface area contributed by atoms with Crippen LogP contribution in [-0.2, 0) is 33.5 Å². The summed E-state index contributed by atoms with van der Waals surface area (Å²) in [5, 5.41) is 44.4. The number of fused-ring (bicyclic) bond motifs is 3. The Hall–Kier alpha value is -3.42. The number of hydrogen-bond acceptors (Lipinski definition) is 9. The van der Waals surface area contributed by atoms with E-state index in [1.165, 1.54) is 19.0 Å². The Balaban J connectivity index is 1.98. The lowest BCUT2D eigenvalue weighted by molar-refractivity contribution is -0.153. The Kier molecular flexibility index (Phi) is 7.31. The molecule has 1 fully saturated rings. The van der Waals surface area contributed by atoms with Gasteiger partial charge in [0.25, 0.3) is 5.91 Å². The number of ketones is 2. The van der Waals surface area contributed by atoms with Crippen LogP contribution in [0.5, 0.6) is 5.75 Å². The highest BCUT2D eigenvalue weighted by Crippen LogP contribution is 2.54. The third-order valence-corrected chi connectivity index (χ3v) is 8.13. The molecule has 1 saturated carbocycles. The SMILES string of the molecule is CCCN(C)Cc1cc(O)c2c(c1C(F)(F)F)C[C@H]1C[C@H]3[C@H](N(C)C)C(=O)C(C(N)=O)=C(O)[C@@]3(O)C(=O)C1=C2O. The standard InChI is InChI=1S/C27H32F3N3O7/c1-5-6-33(4)10-12-9-15(34)17-13(19(12)27(28,29)30)7-11-8-14-20(32(2)3)22(36)18(25(31)39)24(38)26(14,40)23(37)16(11)21(17)35/h9,11,14,20,34-35,38,40H,5-8,10H2,1-4H3,(H2,31,39)/t11-,14-,20-,26-/m0/s1. The normalized spacial score (nSPS) is 26.8. The number of amides is 1. The number of carbonyl (C=O) groups excluding carboxylic acids is 3. The second-order valence-corrected chi connectivity index (χ2v) is 11.0. The zero-order valence-corrected chi connectivity index (χ0v) is 22.5. The molecule has 0 heterocycles. The fourth-order valence-corrected chi connectivity index (χ4v) is 6.61. The van der Waals surface area contributed by atoms with Gasteiger partial charge >= 0.3 is 6.18 Å². The van der Waals surface area contributed by atoms with Gasteiger partial charge in [-0.25, -0.2) is 0 Å². The number of hydrogen-bond donors (Lipinski definition) is 5. The summed E-state index contributed by atoms with van der Waals surface area (Å²) in [4.78, 5) is 42.0. The fourth-order valence-electron chi connectivity index (χ4n) is 6.61. The highest BCUT2D eigenvalue weighted by molar-refractivity contribution is 6.24. The van der Waals surface area contributed by atoms with E-state index < -0.39 is 98.7 Å². The summed E-state index contributed by atoms with van der Waals surface area (Å²) in [7, 11) is 4.51. The smallest absolute Gasteiger partial charge is 0.417 e. The Morgan fingerprint density at radius 3 is 2.33 bits per heavy atom. The van der Waals surface area contributed by atoms with Gasteiger partial charge in [0.15, 0.2) is 11.4 Å². The third kappa shape index (κ3) is 4.27. The molecule has 0 unspecified atom stereocenters. The first kappa shape index (κ1) is 29.6. The van der Waals surface area contributed by atoms with Crippen molar-refractivity contribution in [2.75, 3.05) is 27.7 Å². The van der Waals surface area contributed by atoms with Crippen LogP contribution in [0.4, 0.5) is 13.2 Å². The van der Waals surface area contributed by atoms with Gasteiger partial charge < -0.3 is 31.1 Å². The second kappa shape index (κ2) is 9.89. The summed E-state index contributed by atoms with van der Waals surface area (Å²) in [6, 6.07) is -0.429. The molecule has 0 aromatic heterocycles. The molecule has 3 aliphatic carbocycles. The van der Waals surface area contributed by atoms with Gasteiger partial charge in [0.2, 0.25) is 5.78 Å². The molecule has 0 aliphatic heterocycles. The summed E-state index contributed by atoms with van der Waals surface area (Å²) in [6.45, 7) is 2.22. The fraction of sp³-hybridized carbons (Fsp3) is 0.519. The third-order valence-electron chi connectivity index (χ3n) is 8.13. The number of primary amides is 1. The Morgan fingerprint density at radius 2 is 1.80 bits per heavy atom. The number of carbonyl (C=O) groups is 3. The van der Waals surface area contributed by atoms with E-state index in [1.807, 2.05) is 6.92 Å². The molecule has 13 heteroatoms. The Labute approximate surface area is 228 Å². The predicted octanol–water partition coefficient (Wildman–Crippen LogP) is 1.82. The maximum absolute atomic E-state index is 14.5. The van der Waals surface area contributed by atoms with Crippen LogP contribution in [0.3, 0.4) is 0 Å². The molecule has 1 amide bonds. The van der Waals surface area contributed by atoms with Gasteiger partial charge in [-0.1, -0.05) is 6.92 Å². The zero-order valence-electron chi connectivity index (χ0n) is 22.5. The van der Waals surface area contributed by atoms with Gasteiger partial charge in [-0.2, -0.15) is 13.2 Å². The van der Waals surface area contributed by atoms with Crippen LogP contribution in [0.15, 0.2) is 23.0 Å². The van der Waals surface area contributed by atoms with E-state index >= 15 is 0 Å². The van der Waals surface area contributed by atoms with E-state index in [0.29, 0.717) is 13.0 Å². The van der Waals surface area contributed by atoms with Gasteiger partial charge in [-0.05, 0) is 70.1 Å². The minimum absolute atomic E-state index is 0.140. The van der Waals surface area contributed by atoms with Crippen LogP contribution in [0.1, 0.15) is 42.0 Å². The molecule has 0 bridgehead atoms. The maximum Gasteiger partial charge on any atom is 0.417 e. The molecule has 0 saturated heterocycles. The largest absolute Gasteiger partial charge is 0.508 e. The molecule has 1 aromatic rings. The quantitative estimate of drug-likeness (QED) is 0.323.